The van der Waals surface area contributed by atoms with Crippen molar-refractivity contribution >= 4 is 34.2 Å². The average molecular weight is 361 g/mol. The summed E-state index contributed by atoms with van der Waals surface area (Å²) < 4.78 is 12.0. The summed E-state index contributed by atoms with van der Waals surface area (Å²) in [6, 6.07) is 13.1. The van der Waals surface area contributed by atoms with Gasteiger partial charge in [0.1, 0.15) is 5.75 Å². The zero-order valence-electron chi connectivity index (χ0n) is 9.11. The fourth-order valence-corrected chi connectivity index (χ4v) is 2.47. The molecule has 0 bridgehead atoms. The molecular formula is C13H10ClIO2. The van der Waals surface area contributed by atoms with Crippen LogP contribution in [0.4, 0.5) is 0 Å². The zero-order chi connectivity index (χ0) is 12.3. The minimum atomic E-state index is 0.654. The van der Waals surface area contributed by atoms with Crippen molar-refractivity contribution in [2.24, 2.45) is 0 Å². The number of ether oxygens (including phenoxy) is 2. The van der Waals surface area contributed by atoms with Gasteiger partial charge in [-0.05, 0) is 52.9 Å². The molecule has 17 heavy (non-hydrogen) atoms. The van der Waals surface area contributed by atoms with Gasteiger partial charge in [0.05, 0.1) is 7.11 Å². The van der Waals surface area contributed by atoms with E-state index in [1.165, 1.54) is 0 Å². The second-order valence-electron chi connectivity index (χ2n) is 3.36. The topological polar surface area (TPSA) is 18.5 Å². The van der Waals surface area contributed by atoms with Gasteiger partial charge < -0.3 is 9.47 Å². The molecule has 0 atom stereocenters. The molecule has 2 rings (SSSR count). The van der Waals surface area contributed by atoms with Crippen LogP contribution in [0, 0.1) is 3.57 Å². The van der Waals surface area contributed by atoms with Gasteiger partial charge >= 0.3 is 0 Å². The highest BCUT2D eigenvalue weighted by Gasteiger charge is 2.05. The monoisotopic (exact) mass is 360 g/mol. The first-order chi connectivity index (χ1) is 8.19. The number of benzene rings is 2. The third-order valence-corrected chi connectivity index (χ3v) is 2.97. The lowest BCUT2D eigenvalue weighted by molar-refractivity contribution is 0.379. The molecule has 88 valence electrons. The highest BCUT2D eigenvalue weighted by Crippen LogP contribution is 2.32. The average Bonchev–Trinajstić information content (AvgIpc) is 2.28. The lowest BCUT2D eigenvalue weighted by Crippen LogP contribution is -1.90. The van der Waals surface area contributed by atoms with Crippen LogP contribution < -0.4 is 9.47 Å². The fraction of sp³-hybridized carbons (Fsp3) is 0.0769. The Morgan fingerprint density at radius 1 is 1.06 bits per heavy atom. The van der Waals surface area contributed by atoms with Crippen molar-refractivity contribution in [3.05, 3.63) is 51.1 Å². The van der Waals surface area contributed by atoms with E-state index in [1.807, 2.05) is 36.4 Å². The van der Waals surface area contributed by atoms with E-state index in [9.17, 15) is 0 Å². The minimum Gasteiger partial charge on any atom is -0.493 e. The van der Waals surface area contributed by atoms with Crippen molar-refractivity contribution in [3.63, 3.8) is 0 Å². The van der Waals surface area contributed by atoms with E-state index in [4.69, 9.17) is 21.1 Å². The maximum absolute atomic E-state index is 5.97. The highest BCUT2D eigenvalue weighted by atomic mass is 127. The first kappa shape index (κ1) is 12.5. The normalized spacial score (nSPS) is 10.1. The molecule has 4 heteroatoms. The number of para-hydroxylation sites is 2. The Bertz CT molecular complexity index is 508. The van der Waals surface area contributed by atoms with Crippen molar-refractivity contribution in [3.8, 4) is 17.2 Å². The number of methoxy groups -OCH3 is 1. The SMILES string of the molecule is COc1ccccc1Oc1cc(Cl)cc(I)c1. The number of halogens is 2. The Morgan fingerprint density at radius 3 is 2.41 bits per heavy atom. The molecule has 0 saturated carbocycles. The molecular weight excluding hydrogens is 350 g/mol. The van der Waals surface area contributed by atoms with Crippen molar-refractivity contribution in [1.82, 2.24) is 0 Å². The van der Waals surface area contributed by atoms with Crippen LogP contribution in [-0.2, 0) is 0 Å². The van der Waals surface area contributed by atoms with Crippen molar-refractivity contribution in [1.29, 1.82) is 0 Å². The second kappa shape index (κ2) is 5.60. The van der Waals surface area contributed by atoms with E-state index in [1.54, 1.807) is 13.2 Å². The van der Waals surface area contributed by atoms with Gasteiger partial charge in [-0.3, -0.25) is 0 Å². The van der Waals surface area contributed by atoms with Crippen LogP contribution in [-0.4, -0.2) is 7.11 Å². The number of hydrogen-bond donors (Lipinski definition) is 0. The lowest BCUT2D eigenvalue weighted by atomic mass is 10.3. The number of rotatable bonds is 3. The molecule has 0 aliphatic rings. The Morgan fingerprint density at radius 2 is 1.76 bits per heavy atom. The first-order valence-electron chi connectivity index (χ1n) is 4.96. The minimum absolute atomic E-state index is 0.654. The van der Waals surface area contributed by atoms with Gasteiger partial charge in [-0.25, -0.2) is 0 Å². The Kier molecular flexibility index (Phi) is 4.12. The zero-order valence-corrected chi connectivity index (χ0v) is 12.0. The molecule has 0 amide bonds. The number of hydrogen-bond acceptors (Lipinski definition) is 2. The first-order valence-corrected chi connectivity index (χ1v) is 6.41. The molecule has 0 spiro atoms. The van der Waals surface area contributed by atoms with Gasteiger partial charge in [0.15, 0.2) is 11.5 Å². The third kappa shape index (κ3) is 3.26. The largest absolute Gasteiger partial charge is 0.493 e. The van der Waals surface area contributed by atoms with E-state index < -0.39 is 0 Å². The molecule has 0 fully saturated rings. The van der Waals surface area contributed by atoms with Crippen LogP contribution in [0.1, 0.15) is 0 Å². The highest BCUT2D eigenvalue weighted by molar-refractivity contribution is 14.1. The van der Waals surface area contributed by atoms with Gasteiger partial charge in [0.25, 0.3) is 0 Å². The maximum atomic E-state index is 5.97. The summed E-state index contributed by atoms with van der Waals surface area (Å²) in [6.45, 7) is 0. The van der Waals surface area contributed by atoms with Crippen LogP contribution >= 0.6 is 34.2 Å². The van der Waals surface area contributed by atoms with Gasteiger partial charge in [-0.1, -0.05) is 23.7 Å². The van der Waals surface area contributed by atoms with Gasteiger partial charge in [0.2, 0.25) is 0 Å². The molecule has 0 aliphatic carbocycles. The molecule has 0 radical (unpaired) electrons. The summed E-state index contributed by atoms with van der Waals surface area (Å²) in [5, 5.41) is 0.654. The second-order valence-corrected chi connectivity index (χ2v) is 5.04. The summed E-state index contributed by atoms with van der Waals surface area (Å²) in [7, 11) is 1.62. The van der Waals surface area contributed by atoms with Crippen LogP contribution in [0.15, 0.2) is 42.5 Å². The van der Waals surface area contributed by atoms with Crippen LogP contribution in [0.25, 0.3) is 0 Å². The maximum Gasteiger partial charge on any atom is 0.169 e. The van der Waals surface area contributed by atoms with Gasteiger partial charge in [-0.2, -0.15) is 0 Å². The quantitative estimate of drug-likeness (QED) is 0.736. The predicted molar refractivity (Wildman–Crippen MR) is 77.2 cm³/mol. The Balaban J connectivity index is 2.31. The molecule has 2 aromatic rings. The van der Waals surface area contributed by atoms with Gasteiger partial charge in [0, 0.05) is 8.59 Å². The van der Waals surface area contributed by atoms with E-state index in [2.05, 4.69) is 22.6 Å². The molecule has 0 aromatic heterocycles. The lowest BCUT2D eigenvalue weighted by Gasteiger charge is -2.10. The fourth-order valence-electron chi connectivity index (χ4n) is 1.42. The molecule has 0 saturated heterocycles. The summed E-state index contributed by atoms with van der Waals surface area (Å²) in [5.74, 6) is 2.07. The van der Waals surface area contributed by atoms with Crippen LogP contribution in [0.3, 0.4) is 0 Å². The molecule has 0 aliphatic heterocycles. The van der Waals surface area contributed by atoms with Crippen LogP contribution in [0.2, 0.25) is 5.02 Å². The van der Waals surface area contributed by atoms with E-state index >= 15 is 0 Å². The van der Waals surface area contributed by atoms with Gasteiger partial charge in [-0.15, -0.1) is 0 Å². The smallest absolute Gasteiger partial charge is 0.169 e. The summed E-state index contributed by atoms with van der Waals surface area (Å²) in [5.41, 5.74) is 0. The summed E-state index contributed by atoms with van der Waals surface area (Å²) in [6.07, 6.45) is 0. The van der Waals surface area contributed by atoms with Crippen molar-refractivity contribution in [2.75, 3.05) is 7.11 Å². The Hall–Kier alpha value is -0.940. The molecule has 0 heterocycles. The summed E-state index contributed by atoms with van der Waals surface area (Å²) >= 11 is 8.17. The molecule has 0 N–H and O–H groups in total. The molecule has 0 unspecified atom stereocenters. The Labute approximate surface area is 119 Å². The standard InChI is InChI=1S/C13H10ClIO2/c1-16-12-4-2-3-5-13(12)17-11-7-9(14)6-10(15)8-11/h2-8H,1H3. The third-order valence-electron chi connectivity index (χ3n) is 2.13. The van der Waals surface area contributed by atoms with E-state index in [0.717, 1.165) is 3.57 Å². The van der Waals surface area contributed by atoms with Crippen molar-refractivity contribution < 1.29 is 9.47 Å². The molecule has 2 aromatic carbocycles. The van der Waals surface area contributed by atoms with E-state index in [-0.39, 0.29) is 0 Å². The molecule has 2 nitrogen and oxygen atoms in total. The van der Waals surface area contributed by atoms with Crippen molar-refractivity contribution in [2.45, 2.75) is 0 Å². The van der Waals surface area contributed by atoms with E-state index in [0.29, 0.717) is 22.3 Å². The van der Waals surface area contributed by atoms with Crippen LogP contribution in [0.5, 0.6) is 17.2 Å². The predicted octanol–water partition coefficient (Wildman–Crippen LogP) is 4.75. The summed E-state index contributed by atoms with van der Waals surface area (Å²) in [4.78, 5) is 0.